The molecule has 0 amide bonds. The number of hydrogen-bond donors (Lipinski definition) is 0. The molecular formula is C11H15ClO3S. The number of rotatable bonds is 4. The fourth-order valence-electron chi connectivity index (χ4n) is 1.18. The van der Waals surface area contributed by atoms with E-state index >= 15 is 0 Å². The van der Waals surface area contributed by atoms with Crippen LogP contribution in [0, 0.1) is 12.8 Å². The van der Waals surface area contributed by atoms with Crippen molar-refractivity contribution < 1.29 is 13.2 Å². The molecule has 0 N–H and O–H groups in total. The van der Waals surface area contributed by atoms with Crippen LogP contribution in [0.5, 0.6) is 5.75 Å². The minimum Gasteiger partial charge on any atom is -0.492 e. The van der Waals surface area contributed by atoms with Crippen LogP contribution in [0.4, 0.5) is 0 Å². The molecule has 1 aromatic carbocycles. The molecule has 1 rings (SSSR count). The zero-order valence-electron chi connectivity index (χ0n) is 9.53. The smallest absolute Gasteiger partial charge is 0.264 e. The lowest BCUT2D eigenvalue weighted by Gasteiger charge is -2.11. The van der Waals surface area contributed by atoms with Gasteiger partial charge in [-0.15, -0.1) is 0 Å². The number of hydrogen-bond acceptors (Lipinski definition) is 3. The number of halogens is 1. The summed E-state index contributed by atoms with van der Waals surface area (Å²) in [6.07, 6.45) is 0. The van der Waals surface area contributed by atoms with Gasteiger partial charge in [-0.2, -0.15) is 0 Å². The van der Waals surface area contributed by atoms with Gasteiger partial charge < -0.3 is 4.74 Å². The summed E-state index contributed by atoms with van der Waals surface area (Å²) in [5, 5.41) is 0. The molecule has 0 spiro atoms. The Morgan fingerprint density at radius 1 is 1.38 bits per heavy atom. The standard InChI is InChI=1S/C11H15ClO3S/c1-8(2)7-15-10-5-4-9(3)6-11(10)16(12,13)14/h4-6,8H,7H2,1-3H3. The average Bonchev–Trinajstić information content (AvgIpc) is 2.14. The lowest BCUT2D eigenvalue weighted by molar-refractivity contribution is 0.264. The molecule has 0 unspecified atom stereocenters. The van der Waals surface area contributed by atoms with Crippen molar-refractivity contribution in [3.05, 3.63) is 23.8 Å². The van der Waals surface area contributed by atoms with Crippen LogP contribution >= 0.6 is 10.7 Å². The minimum atomic E-state index is -3.76. The van der Waals surface area contributed by atoms with Crippen molar-refractivity contribution in [2.24, 2.45) is 5.92 Å². The van der Waals surface area contributed by atoms with E-state index in [1.54, 1.807) is 19.1 Å². The zero-order valence-corrected chi connectivity index (χ0v) is 11.1. The highest BCUT2D eigenvalue weighted by molar-refractivity contribution is 8.13. The van der Waals surface area contributed by atoms with Crippen molar-refractivity contribution in [3.8, 4) is 5.75 Å². The van der Waals surface area contributed by atoms with Crippen molar-refractivity contribution in [3.63, 3.8) is 0 Å². The first-order valence-electron chi connectivity index (χ1n) is 4.99. The molecule has 0 saturated heterocycles. The third kappa shape index (κ3) is 3.68. The van der Waals surface area contributed by atoms with Gasteiger partial charge in [0.15, 0.2) is 0 Å². The maximum absolute atomic E-state index is 11.3. The Morgan fingerprint density at radius 3 is 2.50 bits per heavy atom. The fraction of sp³-hybridized carbons (Fsp3) is 0.455. The van der Waals surface area contributed by atoms with Crippen LogP contribution in [-0.2, 0) is 9.05 Å². The van der Waals surface area contributed by atoms with Crippen molar-refractivity contribution >= 4 is 19.7 Å². The van der Waals surface area contributed by atoms with Gasteiger partial charge in [-0.3, -0.25) is 0 Å². The molecule has 0 atom stereocenters. The molecule has 0 aromatic heterocycles. The van der Waals surface area contributed by atoms with Gasteiger partial charge in [0.1, 0.15) is 10.6 Å². The Morgan fingerprint density at radius 2 is 2.00 bits per heavy atom. The third-order valence-corrected chi connectivity index (χ3v) is 3.28. The summed E-state index contributed by atoms with van der Waals surface area (Å²) in [6, 6.07) is 4.94. The van der Waals surface area contributed by atoms with Gasteiger partial charge in [0.25, 0.3) is 9.05 Å². The van der Waals surface area contributed by atoms with Gasteiger partial charge in [0, 0.05) is 10.7 Å². The Bertz CT molecular complexity index is 466. The van der Waals surface area contributed by atoms with E-state index in [4.69, 9.17) is 15.4 Å². The number of ether oxygens (including phenoxy) is 1. The summed E-state index contributed by atoms with van der Waals surface area (Å²) in [5.74, 6) is 0.640. The highest BCUT2D eigenvalue weighted by atomic mass is 35.7. The number of benzene rings is 1. The summed E-state index contributed by atoms with van der Waals surface area (Å²) >= 11 is 0. The van der Waals surface area contributed by atoms with E-state index in [0.717, 1.165) is 5.56 Å². The predicted octanol–water partition coefficient (Wildman–Crippen LogP) is 2.96. The van der Waals surface area contributed by atoms with E-state index in [0.29, 0.717) is 18.3 Å². The highest BCUT2D eigenvalue weighted by Crippen LogP contribution is 2.28. The molecule has 0 saturated carbocycles. The lowest BCUT2D eigenvalue weighted by atomic mass is 10.2. The Labute approximate surface area is 101 Å². The second kappa shape index (κ2) is 5.06. The molecule has 0 aliphatic heterocycles. The van der Waals surface area contributed by atoms with Crippen LogP contribution in [0.25, 0.3) is 0 Å². The second-order valence-corrected chi connectivity index (χ2v) is 6.63. The zero-order chi connectivity index (χ0) is 12.3. The molecule has 0 bridgehead atoms. The van der Waals surface area contributed by atoms with E-state index in [1.165, 1.54) is 6.07 Å². The van der Waals surface area contributed by atoms with Crippen LogP contribution in [0.1, 0.15) is 19.4 Å². The maximum Gasteiger partial charge on any atom is 0.264 e. The quantitative estimate of drug-likeness (QED) is 0.784. The molecule has 1 aromatic rings. The summed E-state index contributed by atoms with van der Waals surface area (Å²) in [5.41, 5.74) is 0.830. The fourth-order valence-corrected chi connectivity index (χ4v) is 2.24. The van der Waals surface area contributed by atoms with Crippen molar-refractivity contribution in [1.29, 1.82) is 0 Å². The van der Waals surface area contributed by atoms with Gasteiger partial charge in [0.2, 0.25) is 0 Å². The van der Waals surface area contributed by atoms with Crippen LogP contribution in [-0.4, -0.2) is 15.0 Å². The number of aryl methyl sites for hydroxylation is 1. The largest absolute Gasteiger partial charge is 0.492 e. The molecular weight excluding hydrogens is 248 g/mol. The molecule has 0 fully saturated rings. The van der Waals surface area contributed by atoms with Gasteiger partial charge >= 0.3 is 0 Å². The van der Waals surface area contributed by atoms with Crippen molar-refractivity contribution in [1.82, 2.24) is 0 Å². The summed E-state index contributed by atoms with van der Waals surface area (Å²) in [7, 11) is 1.59. The summed E-state index contributed by atoms with van der Waals surface area (Å²) in [4.78, 5) is 0.0369. The first kappa shape index (κ1) is 13.3. The summed E-state index contributed by atoms with van der Waals surface area (Å²) < 4.78 is 28.1. The van der Waals surface area contributed by atoms with E-state index in [9.17, 15) is 8.42 Å². The predicted molar refractivity (Wildman–Crippen MR) is 64.6 cm³/mol. The molecule has 0 radical (unpaired) electrons. The Kier molecular flexibility index (Phi) is 4.21. The van der Waals surface area contributed by atoms with Gasteiger partial charge in [0.05, 0.1) is 6.61 Å². The van der Waals surface area contributed by atoms with Crippen LogP contribution in [0.15, 0.2) is 23.1 Å². The Balaban J connectivity index is 3.09. The molecule has 3 nitrogen and oxygen atoms in total. The molecule has 0 aliphatic rings. The highest BCUT2D eigenvalue weighted by Gasteiger charge is 2.17. The van der Waals surface area contributed by atoms with Crippen molar-refractivity contribution in [2.75, 3.05) is 6.61 Å². The maximum atomic E-state index is 11.3. The Hall–Kier alpha value is -0.740. The molecule has 90 valence electrons. The molecule has 16 heavy (non-hydrogen) atoms. The van der Waals surface area contributed by atoms with Gasteiger partial charge in [-0.25, -0.2) is 8.42 Å². The first-order valence-corrected chi connectivity index (χ1v) is 7.29. The van der Waals surface area contributed by atoms with Crippen LogP contribution < -0.4 is 4.74 Å². The van der Waals surface area contributed by atoms with E-state index in [2.05, 4.69) is 0 Å². The van der Waals surface area contributed by atoms with Crippen LogP contribution in [0.2, 0.25) is 0 Å². The normalized spacial score (nSPS) is 11.8. The van der Waals surface area contributed by atoms with E-state index < -0.39 is 9.05 Å². The second-order valence-electron chi connectivity index (χ2n) is 4.09. The molecule has 0 aliphatic carbocycles. The van der Waals surface area contributed by atoms with Crippen LogP contribution in [0.3, 0.4) is 0 Å². The molecule has 0 heterocycles. The third-order valence-electron chi connectivity index (χ3n) is 1.93. The monoisotopic (exact) mass is 262 g/mol. The SMILES string of the molecule is Cc1ccc(OCC(C)C)c(S(=O)(=O)Cl)c1. The van der Waals surface area contributed by atoms with Crippen molar-refractivity contribution in [2.45, 2.75) is 25.7 Å². The van der Waals surface area contributed by atoms with Gasteiger partial charge in [-0.1, -0.05) is 19.9 Å². The topological polar surface area (TPSA) is 43.4 Å². The first-order chi connectivity index (χ1) is 7.30. The summed E-state index contributed by atoms with van der Waals surface area (Å²) in [6.45, 7) is 6.24. The van der Waals surface area contributed by atoms with E-state index in [1.807, 2.05) is 13.8 Å². The molecule has 5 heteroatoms. The lowest BCUT2D eigenvalue weighted by Crippen LogP contribution is -2.07. The average molecular weight is 263 g/mol. The van der Waals surface area contributed by atoms with E-state index in [-0.39, 0.29) is 4.90 Å². The van der Waals surface area contributed by atoms with Gasteiger partial charge in [-0.05, 0) is 30.5 Å². The minimum absolute atomic E-state index is 0.0369.